The first-order chi connectivity index (χ1) is 14.3. The van der Waals surface area contributed by atoms with Crippen LogP contribution in [0.15, 0.2) is 60.7 Å². The molecule has 1 aliphatic carbocycles. The van der Waals surface area contributed by atoms with Crippen LogP contribution in [0.3, 0.4) is 0 Å². The average molecular weight is 389 g/mol. The van der Waals surface area contributed by atoms with Gasteiger partial charge < -0.3 is 5.32 Å². The maximum Gasteiger partial charge on any atom is 0.223 e. The van der Waals surface area contributed by atoms with Gasteiger partial charge >= 0.3 is 0 Å². The Labute approximate surface area is 174 Å². The molecule has 1 N–H and O–H groups in total. The van der Waals surface area contributed by atoms with Crippen molar-refractivity contribution in [1.82, 2.24) is 10.2 Å². The summed E-state index contributed by atoms with van der Waals surface area (Å²) in [5.41, 5.74) is 2.85. The highest BCUT2D eigenvalue weighted by molar-refractivity contribution is 5.79. The van der Waals surface area contributed by atoms with Crippen LogP contribution in [0.5, 0.6) is 0 Å². The maximum absolute atomic E-state index is 12.8. The fraction of sp³-hybridized carbons (Fsp3) is 0.500. The molecule has 2 unspecified atom stereocenters. The summed E-state index contributed by atoms with van der Waals surface area (Å²) in [5, 5.41) is 3.30. The van der Waals surface area contributed by atoms with E-state index in [1.165, 1.54) is 36.8 Å². The number of piperidine rings is 1. The average Bonchev–Trinajstić information content (AvgIpc) is 2.95. The van der Waals surface area contributed by atoms with Gasteiger partial charge in [0.25, 0.3) is 0 Å². The maximum atomic E-state index is 12.8. The molecule has 3 fully saturated rings. The zero-order chi connectivity index (χ0) is 19.6. The molecule has 2 aromatic carbocycles. The molecular weight excluding hydrogens is 356 g/mol. The van der Waals surface area contributed by atoms with Crippen LogP contribution in [0, 0.1) is 11.8 Å². The van der Waals surface area contributed by atoms with Gasteiger partial charge in [-0.2, -0.15) is 0 Å². The lowest BCUT2D eigenvalue weighted by atomic mass is 9.71. The number of fused-ring (bicyclic) bond motifs is 2. The van der Waals surface area contributed by atoms with Crippen LogP contribution in [-0.4, -0.2) is 29.4 Å². The third-order valence-corrected chi connectivity index (χ3v) is 7.53. The lowest BCUT2D eigenvalue weighted by Gasteiger charge is -2.39. The molecule has 2 aliphatic heterocycles. The molecule has 3 nitrogen and oxygen atoms in total. The zero-order valence-corrected chi connectivity index (χ0v) is 17.2. The minimum absolute atomic E-state index is 0.213. The fourth-order valence-electron chi connectivity index (χ4n) is 5.83. The van der Waals surface area contributed by atoms with Crippen LogP contribution in [0.1, 0.15) is 55.6 Å². The molecule has 1 saturated carbocycles. The van der Waals surface area contributed by atoms with Gasteiger partial charge in [-0.15, -0.1) is 0 Å². The molecule has 2 saturated heterocycles. The molecule has 0 radical (unpaired) electrons. The summed E-state index contributed by atoms with van der Waals surface area (Å²) < 4.78 is 0. The molecule has 2 bridgehead atoms. The van der Waals surface area contributed by atoms with E-state index in [2.05, 4.69) is 70.9 Å². The number of hydrogen-bond donors (Lipinski definition) is 1. The lowest BCUT2D eigenvalue weighted by molar-refractivity contribution is -0.127. The van der Waals surface area contributed by atoms with Gasteiger partial charge in [0.2, 0.25) is 5.91 Å². The van der Waals surface area contributed by atoms with Crippen LogP contribution in [0.2, 0.25) is 0 Å². The number of amides is 1. The third-order valence-electron chi connectivity index (χ3n) is 7.53. The number of hydrogen-bond acceptors (Lipinski definition) is 2. The summed E-state index contributed by atoms with van der Waals surface area (Å²) in [6, 6.07) is 22.7. The van der Waals surface area contributed by atoms with Crippen LogP contribution in [0.25, 0.3) is 0 Å². The van der Waals surface area contributed by atoms with Crippen molar-refractivity contribution in [1.29, 1.82) is 0 Å². The van der Waals surface area contributed by atoms with Gasteiger partial charge in [-0.25, -0.2) is 0 Å². The fourth-order valence-corrected chi connectivity index (χ4v) is 5.83. The van der Waals surface area contributed by atoms with Gasteiger partial charge in [-0.1, -0.05) is 60.7 Å². The van der Waals surface area contributed by atoms with Crippen LogP contribution in [-0.2, 0) is 11.3 Å². The number of nitrogens with zero attached hydrogens (tertiary/aromatic N) is 1. The van der Waals surface area contributed by atoms with Gasteiger partial charge in [0.05, 0.1) is 0 Å². The topological polar surface area (TPSA) is 32.3 Å². The minimum Gasteiger partial charge on any atom is -0.356 e. The van der Waals surface area contributed by atoms with Gasteiger partial charge in [0, 0.05) is 31.1 Å². The van der Waals surface area contributed by atoms with Crippen molar-refractivity contribution < 1.29 is 4.79 Å². The Balaban J connectivity index is 1.09. The van der Waals surface area contributed by atoms with Crippen molar-refractivity contribution in [3.8, 4) is 0 Å². The van der Waals surface area contributed by atoms with Gasteiger partial charge in [0.15, 0.2) is 0 Å². The first-order valence-corrected chi connectivity index (χ1v) is 11.4. The molecule has 2 aromatic rings. The molecule has 0 spiro atoms. The first-order valence-electron chi connectivity index (χ1n) is 11.4. The highest BCUT2D eigenvalue weighted by Crippen LogP contribution is 2.42. The summed E-state index contributed by atoms with van der Waals surface area (Å²) >= 11 is 0. The summed E-state index contributed by atoms with van der Waals surface area (Å²) in [7, 11) is 0. The zero-order valence-electron chi connectivity index (χ0n) is 17.2. The van der Waals surface area contributed by atoms with E-state index in [-0.39, 0.29) is 5.92 Å². The van der Waals surface area contributed by atoms with Crippen molar-refractivity contribution in [3.63, 3.8) is 0 Å². The van der Waals surface area contributed by atoms with E-state index in [0.717, 1.165) is 25.9 Å². The van der Waals surface area contributed by atoms with Gasteiger partial charge in [-0.3, -0.25) is 9.69 Å². The Hall–Kier alpha value is -2.13. The number of benzene rings is 2. The molecular formula is C26H32N2O. The Kier molecular flexibility index (Phi) is 5.41. The minimum atomic E-state index is 0.213. The summed E-state index contributed by atoms with van der Waals surface area (Å²) in [4.78, 5) is 15.5. The molecule has 3 heteroatoms. The van der Waals surface area contributed by atoms with Crippen molar-refractivity contribution >= 4 is 5.91 Å². The Morgan fingerprint density at radius 1 is 0.862 bits per heavy atom. The van der Waals surface area contributed by atoms with Gasteiger partial charge in [0.1, 0.15) is 0 Å². The molecule has 3 aliphatic rings. The van der Waals surface area contributed by atoms with E-state index >= 15 is 0 Å². The summed E-state index contributed by atoms with van der Waals surface area (Å²) in [6.45, 7) is 1.90. The Bertz CT molecular complexity index is 801. The van der Waals surface area contributed by atoms with Crippen molar-refractivity contribution in [2.45, 2.75) is 63.1 Å². The molecule has 2 heterocycles. The molecule has 152 valence electrons. The first kappa shape index (κ1) is 18.9. The molecule has 1 amide bonds. The number of carbonyl (C=O) groups is 1. The van der Waals surface area contributed by atoms with E-state index in [1.54, 1.807) is 0 Å². The quantitative estimate of drug-likeness (QED) is 0.775. The molecule has 0 aromatic heterocycles. The number of rotatable bonds is 6. The lowest BCUT2D eigenvalue weighted by Crippen LogP contribution is -2.47. The second-order valence-electron chi connectivity index (χ2n) is 9.40. The normalized spacial score (nSPS) is 31.2. The van der Waals surface area contributed by atoms with Crippen molar-refractivity contribution in [2.24, 2.45) is 11.8 Å². The van der Waals surface area contributed by atoms with Crippen molar-refractivity contribution in [2.75, 3.05) is 6.54 Å². The SMILES string of the molecule is O=C(NCC1CC(c2ccccc2)C1)C1CC2CCC(C1)N2Cc1ccccc1. The molecule has 29 heavy (non-hydrogen) atoms. The van der Waals surface area contributed by atoms with Crippen LogP contribution in [0.4, 0.5) is 0 Å². The van der Waals surface area contributed by atoms with Crippen LogP contribution < -0.4 is 5.32 Å². The van der Waals surface area contributed by atoms with Gasteiger partial charge in [-0.05, 0) is 61.5 Å². The molecule has 2 atom stereocenters. The number of carbonyl (C=O) groups excluding carboxylic acids is 1. The largest absolute Gasteiger partial charge is 0.356 e. The van der Waals surface area contributed by atoms with Crippen molar-refractivity contribution in [3.05, 3.63) is 71.8 Å². The third kappa shape index (κ3) is 4.11. The van der Waals surface area contributed by atoms with E-state index in [1.807, 2.05) is 0 Å². The number of nitrogens with one attached hydrogen (secondary N) is 1. The monoisotopic (exact) mass is 388 g/mol. The predicted octanol–water partition coefficient (Wildman–Crippen LogP) is 4.74. The highest BCUT2D eigenvalue weighted by Gasteiger charge is 2.42. The summed E-state index contributed by atoms with van der Waals surface area (Å²) in [6.07, 6.45) is 7.00. The highest BCUT2D eigenvalue weighted by atomic mass is 16.1. The predicted molar refractivity (Wildman–Crippen MR) is 116 cm³/mol. The van der Waals surface area contributed by atoms with E-state index < -0.39 is 0 Å². The Morgan fingerprint density at radius 2 is 1.48 bits per heavy atom. The Morgan fingerprint density at radius 3 is 2.14 bits per heavy atom. The summed E-state index contributed by atoms with van der Waals surface area (Å²) in [5.74, 6) is 1.86. The molecule has 5 rings (SSSR count). The van der Waals surface area contributed by atoms with Crippen LogP contribution >= 0.6 is 0 Å². The van der Waals surface area contributed by atoms with E-state index in [0.29, 0.717) is 29.8 Å². The standard InChI is InChI=1S/C26H32N2O/c29-26(27-17-20-13-22(14-20)21-9-5-2-6-10-21)23-15-24-11-12-25(16-23)28(24)18-19-7-3-1-4-8-19/h1-10,20,22-25H,11-18H2,(H,27,29). The van der Waals surface area contributed by atoms with E-state index in [9.17, 15) is 4.79 Å². The second kappa shape index (κ2) is 8.31. The second-order valence-corrected chi connectivity index (χ2v) is 9.40. The smallest absolute Gasteiger partial charge is 0.223 e. The van der Waals surface area contributed by atoms with E-state index in [4.69, 9.17) is 0 Å².